The van der Waals surface area contributed by atoms with Gasteiger partial charge in [-0.15, -0.1) is 0 Å². The number of likely N-dealkylation sites (tertiary alicyclic amines) is 1. The molecule has 4 heterocycles. The lowest BCUT2D eigenvalue weighted by molar-refractivity contribution is -0.192. The van der Waals surface area contributed by atoms with Gasteiger partial charge in [-0.1, -0.05) is 5.16 Å². The van der Waals surface area contributed by atoms with Gasteiger partial charge in [-0.25, -0.2) is 9.78 Å². The summed E-state index contributed by atoms with van der Waals surface area (Å²) in [6, 6.07) is 0. The first-order valence-electron chi connectivity index (χ1n) is 10.5. The molecule has 0 aliphatic carbocycles. The number of carbonyl (C=O) groups is 1. The summed E-state index contributed by atoms with van der Waals surface area (Å²) in [6.07, 6.45) is 3.13. The summed E-state index contributed by atoms with van der Waals surface area (Å²) in [5, 5.41) is 11.2. The van der Waals surface area contributed by atoms with Gasteiger partial charge in [0.1, 0.15) is 5.76 Å². The summed E-state index contributed by atoms with van der Waals surface area (Å²) in [7, 11) is 0. The quantitative estimate of drug-likeness (QED) is 0.678. The Bertz CT molecular complexity index is 897. The highest BCUT2D eigenvalue weighted by Gasteiger charge is 2.47. The Morgan fingerprint density at radius 2 is 2.06 bits per heavy atom. The number of carboxylic acids is 1. The van der Waals surface area contributed by atoms with Gasteiger partial charge < -0.3 is 19.1 Å². The van der Waals surface area contributed by atoms with E-state index in [4.69, 9.17) is 23.9 Å². The molecular weight excluding hydrogens is 445 g/mol. The zero-order valence-electron chi connectivity index (χ0n) is 18.5. The zero-order chi connectivity index (χ0) is 24.1. The molecule has 0 radical (unpaired) electrons. The van der Waals surface area contributed by atoms with Crippen molar-refractivity contribution in [1.82, 2.24) is 20.0 Å². The van der Waals surface area contributed by atoms with E-state index in [2.05, 4.69) is 20.0 Å². The van der Waals surface area contributed by atoms with Crippen LogP contribution in [0.15, 0.2) is 23.1 Å². The lowest BCUT2D eigenvalue weighted by Crippen LogP contribution is -2.64. The Morgan fingerprint density at radius 3 is 2.64 bits per heavy atom. The highest BCUT2D eigenvalue weighted by Crippen LogP contribution is 2.39. The first-order chi connectivity index (χ1) is 15.6. The van der Waals surface area contributed by atoms with Crippen molar-refractivity contribution in [1.29, 1.82) is 0 Å². The standard InChI is InChI=1S/C19H26N4O3.C2HF3O2/c1-14-17(15(2)26-22-14)11-23-12-19(13-23)9-16(4-8-25-19)3-7-24-18-10-20-5-6-21-18;3-2(4,5)1(6)7/h5-6,10,16H,3-4,7-9,11-13H2,1-2H3;(H,6,7). The fourth-order valence-corrected chi connectivity index (χ4v) is 4.12. The third-order valence-corrected chi connectivity index (χ3v) is 5.74. The van der Waals surface area contributed by atoms with Crippen molar-refractivity contribution in [3.63, 3.8) is 0 Å². The number of nitrogens with zero attached hydrogens (tertiary/aromatic N) is 4. The van der Waals surface area contributed by atoms with E-state index in [1.165, 1.54) is 5.56 Å². The molecule has 0 saturated carbocycles. The topological polar surface area (TPSA) is 111 Å². The maximum absolute atomic E-state index is 10.6. The SMILES string of the molecule is Cc1noc(C)c1CN1CC2(CC(CCOc3cnccn3)CCO2)C1.O=C(O)C(F)(F)F. The van der Waals surface area contributed by atoms with Crippen molar-refractivity contribution in [2.45, 2.75) is 51.4 Å². The Kier molecular flexibility index (Phi) is 7.90. The molecule has 0 bridgehead atoms. The summed E-state index contributed by atoms with van der Waals surface area (Å²) in [6.45, 7) is 8.38. The molecule has 9 nitrogen and oxygen atoms in total. The van der Waals surface area contributed by atoms with Gasteiger partial charge in [0, 0.05) is 44.2 Å². The average Bonchev–Trinajstić information content (AvgIpc) is 3.05. The van der Waals surface area contributed by atoms with Gasteiger partial charge in [-0.2, -0.15) is 13.2 Å². The number of hydrogen-bond acceptors (Lipinski definition) is 8. The number of aliphatic carboxylic acids is 1. The molecule has 33 heavy (non-hydrogen) atoms. The molecule has 0 amide bonds. The molecule has 1 N–H and O–H groups in total. The molecule has 12 heteroatoms. The molecule has 1 unspecified atom stereocenters. The molecule has 2 aromatic rings. The minimum Gasteiger partial charge on any atom is -0.477 e. The monoisotopic (exact) mass is 472 g/mol. The van der Waals surface area contributed by atoms with Crippen molar-refractivity contribution in [3.8, 4) is 5.88 Å². The first kappa shape index (κ1) is 24.9. The number of halogens is 3. The van der Waals surface area contributed by atoms with Crippen LogP contribution in [0.4, 0.5) is 13.2 Å². The molecule has 4 rings (SSSR count). The molecule has 1 spiro atoms. The summed E-state index contributed by atoms with van der Waals surface area (Å²) in [4.78, 5) is 19.5. The molecule has 2 aromatic heterocycles. The normalized spacial score (nSPS) is 20.0. The van der Waals surface area contributed by atoms with Gasteiger partial charge in [0.2, 0.25) is 5.88 Å². The third-order valence-electron chi connectivity index (χ3n) is 5.74. The van der Waals surface area contributed by atoms with Crippen LogP contribution in [0.2, 0.25) is 0 Å². The largest absolute Gasteiger partial charge is 0.490 e. The minimum absolute atomic E-state index is 0.0223. The minimum atomic E-state index is -5.08. The molecule has 2 fully saturated rings. The molecule has 2 aliphatic rings. The third kappa shape index (κ3) is 6.87. The number of hydrogen-bond donors (Lipinski definition) is 1. The predicted molar refractivity (Wildman–Crippen MR) is 108 cm³/mol. The van der Waals surface area contributed by atoms with Crippen LogP contribution in [0.25, 0.3) is 0 Å². The number of aryl methyl sites for hydroxylation is 2. The molecule has 0 aromatic carbocycles. The zero-order valence-corrected chi connectivity index (χ0v) is 18.5. The van der Waals surface area contributed by atoms with Crippen LogP contribution in [0.3, 0.4) is 0 Å². The lowest BCUT2D eigenvalue weighted by atomic mass is 9.79. The van der Waals surface area contributed by atoms with Crippen LogP contribution >= 0.6 is 0 Å². The average molecular weight is 472 g/mol. The molecule has 2 saturated heterocycles. The smallest absolute Gasteiger partial charge is 0.477 e. The van der Waals surface area contributed by atoms with Crippen LogP contribution in [-0.2, 0) is 16.1 Å². The van der Waals surface area contributed by atoms with E-state index in [1.807, 2.05) is 13.8 Å². The van der Waals surface area contributed by atoms with E-state index in [0.717, 1.165) is 57.0 Å². The second kappa shape index (κ2) is 10.5. The van der Waals surface area contributed by atoms with Crippen molar-refractivity contribution in [2.75, 3.05) is 26.3 Å². The van der Waals surface area contributed by atoms with Crippen LogP contribution in [0, 0.1) is 19.8 Å². The number of aromatic nitrogens is 3. The van der Waals surface area contributed by atoms with E-state index in [0.29, 0.717) is 18.4 Å². The number of carboxylic acid groups (broad SMARTS) is 1. The van der Waals surface area contributed by atoms with Gasteiger partial charge in [0.25, 0.3) is 0 Å². The van der Waals surface area contributed by atoms with Crippen LogP contribution < -0.4 is 4.74 Å². The fourth-order valence-electron chi connectivity index (χ4n) is 4.12. The van der Waals surface area contributed by atoms with E-state index in [-0.39, 0.29) is 5.60 Å². The van der Waals surface area contributed by atoms with Gasteiger partial charge in [0.05, 0.1) is 24.1 Å². The predicted octanol–water partition coefficient (Wildman–Crippen LogP) is 3.16. The molecule has 2 aliphatic heterocycles. The number of ether oxygens (including phenoxy) is 2. The summed E-state index contributed by atoms with van der Waals surface area (Å²) in [5.41, 5.74) is 2.23. The van der Waals surface area contributed by atoms with Crippen LogP contribution in [0.1, 0.15) is 36.3 Å². The first-order valence-corrected chi connectivity index (χ1v) is 10.5. The van der Waals surface area contributed by atoms with Crippen molar-refractivity contribution < 1.29 is 37.1 Å². The van der Waals surface area contributed by atoms with Crippen molar-refractivity contribution in [3.05, 3.63) is 35.6 Å². The van der Waals surface area contributed by atoms with E-state index in [1.54, 1.807) is 18.6 Å². The van der Waals surface area contributed by atoms with E-state index >= 15 is 0 Å². The van der Waals surface area contributed by atoms with Gasteiger partial charge in [0.15, 0.2) is 0 Å². The second-order valence-corrected chi connectivity index (χ2v) is 8.32. The molecule has 182 valence electrons. The number of alkyl halides is 3. The molecule has 1 atom stereocenters. The van der Waals surface area contributed by atoms with Gasteiger partial charge in [-0.3, -0.25) is 9.88 Å². The Morgan fingerprint density at radius 1 is 1.33 bits per heavy atom. The van der Waals surface area contributed by atoms with Crippen LogP contribution in [0.5, 0.6) is 5.88 Å². The highest BCUT2D eigenvalue weighted by atomic mass is 19.4. The van der Waals surface area contributed by atoms with Gasteiger partial charge >= 0.3 is 12.1 Å². The summed E-state index contributed by atoms with van der Waals surface area (Å²) >= 11 is 0. The Hall–Kier alpha value is -2.73. The van der Waals surface area contributed by atoms with Crippen molar-refractivity contribution in [2.24, 2.45) is 5.92 Å². The molecular formula is C21H27F3N4O5. The lowest BCUT2D eigenvalue weighted by Gasteiger charge is -2.53. The fraction of sp³-hybridized carbons (Fsp3) is 0.619. The van der Waals surface area contributed by atoms with Crippen molar-refractivity contribution >= 4 is 5.97 Å². The van der Waals surface area contributed by atoms with Gasteiger partial charge in [-0.05, 0) is 39.0 Å². The Labute approximate surface area is 188 Å². The van der Waals surface area contributed by atoms with E-state index < -0.39 is 12.1 Å². The maximum atomic E-state index is 10.6. The second-order valence-electron chi connectivity index (χ2n) is 8.32. The Balaban J connectivity index is 0.000000383. The summed E-state index contributed by atoms with van der Waals surface area (Å²) < 4.78 is 48.9. The van der Waals surface area contributed by atoms with E-state index in [9.17, 15) is 13.2 Å². The van der Waals surface area contributed by atoms with Crippen LogP contribution in [-0.4, -0.2) is 69.2 Å². The summed E-state index contributed by atoms with van der Waals surface area (Å²) in [5.74, 6) is -0.593. The highest BCUT2D eigenvalue weighted by molar-refractivity contribution is 5.73. The number of rotatable bonds is 6. The maximum Gasteiger partial charge on any atom is 0.490 e.